The van der Waals surface area contributed by atoms with Crippen LogP contribution in [0.4, 0.5) is 0 Å². The first-order chi connectivity index (χ1) is 14.3. The zero-order valence-corrected chi connectivity index (χ0v) is 16.1. The molecule has 0 radical (unpaired) electrons. The van der Waals surface area contributed by atoms with Crippen molar-refractivity contribution in [3.63, 3.8) is 0 Å². The van der Waals surface area contributed by atoms with Gasteiger partial charge in [0, 0.05) is 19.0 Å². The molecule has 0 saturated carbocycles. The van der Waals surface area contributed by atoms with E-state index < -0.39 is 0 Å². The van der Waals surface area contributed by atoms with Gasteiger partial charge in [-0.1, -0.05) is 12.1 Å². The topological polar surface area (TPSA) is 57.2 Å². The maximum atomic E-state index is 12.9. The lowest BCUT2D eigenvalue weighted by Gasteiger charge is -2.24. The van der Waals surface area contributed by atoms with Crippen LogP contribution in [0.5, 0.6) is 23.0 Å². The van der Waals surface area contributed by atoms with E-state index in [1.54, 1.807) is 6.08 Å². The zero-order valence-electron chi connectivity index (χ0n) is 16.1. The number of hydrogen-bond donors (Lipinski definition) is 0. The lowest BCUT2D eigenvalue weighted by atomic mass is 10.0. The van der Waals surface area contributed by atoms with Crippen LogP contribution in [-0.2, 0) is 4.79 Å². The van der Waals surface area contributed by atoms with E-state index in [0.29, 0.717) is 19.0 Å². The zero-order chi connectivity index (χ0) is 19.6. The summed E-state index contributed by atoms with van der Waals surface area (Å²) >= 11 is 0. The van der Waals surface area contributed by atoms with Crippen LogP contribution in [0.1, 0.15) is 36.4 Å². The minimum absolute atomic E-state index is 0.0114. The summed E-state index contributed by atoms with van der Waals surface area (Å²) in [7, 11) is 0. The van der Waals surface area contributed by atoms with Gasteiger partial charge in [0.05, 0.1) is 19.3 Å². The highest BCUT2D eigenvalue weighted by Gasteiger charge is 2.29. The van der Waals surface area contributed by atoms with Gasteiger partial charge in [0.2, 0.25) is 12.7 Å². The molecular formula is C23H23NO5. The van der Waals surface area contributed by atoms with Gasteiger partial charge in [-0.05, 0) is 54.3 Å². The number of likely N-dealkylation sites (tertiary alicyclic amines) is 1. The van der Waals surface area contributed by atoms with Crippen LogP contribution in [0.15, 0.2) is 42.5 Å². The van der Waals surface area contributed by atoms with E-state index in [1.807, 2.05) is 47.4 Å². The third kappa shape index (κ3) is 3.62. The molecule has 3 aliphatic heterocycles. The quantitative estimate of drug-likeness (QED) is 0.739. The van der Waals surface area contributed by atoms with Gasteiger partial charge < -0.3 is 23.8 Å². The van der Waals surface area contributed by atoms with Crippen LogP contribution >= 0.6 is 0 Å². The molecule has 150 valence electrons. The maximum absolute atomic E-state index is 12.9. The van der Waals surface area contributed by atoms with Gasteiger partial charge in [-0.2, -0.15) is 0 Å². The van der Waals surface area contributed by atoms with E-state index in [-0.39, 0.29) is 18.7 Å². The van der Waals surface area contributed by atoms with Crippen molar-refractivity contribution in [1.82, 2.24) is 4.90 Å². The standard InChI is InChI=1S/C23H23NO5/c25-23(9-5-16-4-7-20-21(13-16)29-15-28-20)24-10-1-3-18(24)17-6-8-19-22(14-17)27-12-2-11-26-19/h4-9,13-14,18H,1-3,10-12,15H2/b9-5+/t18-/m1/s1. The highest BCUT2D eigenvalue weighted by Crippen LogP contribution is 2.38. The average Bonchev–Trinajstić information content (AvgIpc) is 3.36. The smallest absolute Gasteiger partial charge is 0.247 e. The molecule has 0 spiro atoms. The van der Waals surface area contributed by atoms with Gasteiger partial charge in [-0.15, -0.1) is 0 Å². The number of hydrogen-bond acceptors (Lipinski definition) is 5. The molecule has 0 aliphatic carbocycles. The lowest BCUT2D eigenvalue weighted by molar-refractivity contribution is -0.126. The van der Waals surface area contributed by atoms with Crippen molar-refractivity contribution in [3.05, 3.63) is 53.6 Å². The van der Waals surface area contributed by atoms with Crippen LogP contribution in [0.25, 0.3) is 6.08 Å². The Morgan fingerprint density at radius 3 is 2.59 bits per heavy atom. The molecule has 3 aliphatic rings. The van der Waals surface area contributed by atoms with Crippen molar-refractivity contribution in [1.29, 1.82) is 0 Å². The van der Waals surface area contributed by atoms with E-state index >= 15 is 0 Å². The minimum atomic E-state index is 0.0114. The summed E-state index contributed by atoms with van der Waals surface area (Å²) < 4.78 is 22.3. The predicted octanol–water partition coefficient (Wildman–Crippen LogP) is 3.95. The third-order valence-corrected chi connectivity index (χ3v) is 5.51. The van der Waals surface area contributed by atoms with E-state index in [2.05, 4.69) is 0 Å². The second-order valence-electron chi connectivity index (χ2n) is 7.39. The largest absolute Gasteiger partial charge is 0.490 e. The van der Waals surface area contributed by atoms with Gasteiger partial charge in [0.1, 0.15) is 0 Å². The van der Waals surface area contributed by atoms with Crippen LogP contribution in [0.2, 0.25) is 0 Å². The van der Waals surface area contributed by atoms with Gasteiger partial charge in [0.15, 0.2) is 23.0 Å². The molecule has 0 aromatic heterocycles. The molecule has 0 N–H and O–H groups in total. The molecule has 6 nitrogen and oxygen atoms in total. The fourth-order valence-corrected chi connectivity index (χ4v) is 4.04. The number of amides is 1. The number of rotatable bonds is 3. The van der Waals surface area contributed by atoms with Crippen molar-refractivity contribution in [2.45, 2.75) is 25.3 Å². The molecule has 2 aromatic rings. The molecule has 1 saturated heterocycles. The summed E-state index contributed by atoms with van der Waals surface area (Å²) in [5.41, 5.74) is 2.01. The summed E-state index contributed by atoms with van der Waals surface area (Å²) in [6, 6.07) is 11.8. The summed E-state index contributed by atoms with van der Waals surface area (Å²) in [5.74, 6) is 3.02. The number of fused-ring (bicyclic) bond motifs is 2. The fraction of sp³-hybridized carbons (Fsp3) is 0.348. The summed E-state index contributed by atoms with van der Waals surface area (Å²) in [5, 5.41) is 0. The number of carbonyl (C=O) groups is 1. The third-order valence-electron chi connectivity index (χ3n) is 5.51. The van der Waals surface area contributed by atoms with Gasteiger partial charge in [-0.25, -0.2) is 0 Å². The Kier molecular flexibility index (Phi) is 4.76. The first kappa shape index (κ1) is 17.9. The van der Waals surface area contributed by atoms with Crippen molar-refractivity contribution in [3.8, 4) is 23.0 Å². The summed E-state index contributed by atoms with van der Waals surface area (Å²) in [6.45, 7) is 2.32. The van der Waals surface area contributed by atoms with Gasteiger partial charge in [-0.3, -0.25) is 4.79 Å². The Morgan fingerprint density at radius 1 is 0.897 bits per heavy atom. The summed E-state index contributed by atoms with van der Waals surface area (Å²) in [6.07, 6.45) is 6.28. The van der Waals surface area contributed by atoms with Crippen LogP contribution < -0.4 is 18.9 Å². The Labute approximate surface area is 169 Å². The van der Waals surface area contributed by atoms with Crippen molar-refractivity contribution in [2.24, 2.45) is 0 Å². The molecule has 0 unspecified atom stereocenters. The van der Waals surface area contributed by atoms with Crippen LogP contribution in [0.3, 0.4) is 0 Å². The first-order valence-electron chi connectivity index (χ1n) is 10.1. The molecule has 0 bridgehead atoms. The fourth-order valence-electron chi connectivity index (χ4n) is 4.04. The Balaban J connectivity index is 1.32. The predicted molar refractivity (Wildman–Crippen MR) is 107 cm³/mol. The highest BCUT2D eigenvalue weighted by atomic mass is 16.7. The molecule has 6 heteroatoms. The first-order valence-corrected chi connectivity index (χ1v) is 10.1. The molecular weight excluding hydrogens is 370 g/mol. The number of nitrogens with zero attached hydrogens (tertiary/aromatic N) is 1. The normalized spacial score (nSPS) is 20.1. The van der Waals surface area contributed by atoms with Crippen LogP contribution in [-0.4, -0.2) is 37.4 Å². The van der Waals surface area contributed by atoms with Crippen molar-refractivity contribution >= 4 is 12.0 Å². The Morgan fingerprint density at radius 2 is 1.66 bits per heavy atom. The van der Waals surface area contributed by atoms with E-state index in [9.17, 15) is 4.79 Å². The molecule has 29 heavy (non-hydrogen) atoms. The SMILES string of the molecule is O=C(/C=C/c1ccc2c(c1)OCO2)N1CCC[C@@H]1c1ccc2c(c1)OCCCO2. The van der Waals surface area contributed by atoms with E-state index in [1.165, 1.54) is 0 Å². The second-order valence-corrected chi connectivity index (χ2v) is 7.39. The average molecular weight is 393 g/mol. The molecule has 1 atom stereocenters. The summed E-state index contributed by atoms with van der Waals surface area (Å²) in [4.78, 5) is 14.8. The second kappa shape index (κ2) is 7.70. The molecule has 3 heterocycles. The lowest BCUT2D eigenvalue weighted by Crippen LogP contribution is -2.28. The Hall–Kier alpha value is -3.15. The molecule has 1 amide bonds. The number of ether oxygens (including phenoxy) is 4. The minimum Gasteiger partial charge on any atom is -0.490 e. The van der Waals surface area contributed by atoms with Crippen LogP contribution in [0, 0.1) is 0 Å². The number of benzene rings is 2. The van der Waals surface area contributed by atoms with E-state index in [4.69, 9.17) is 18.9 Å². The van der Waals surface area contributed by atoms with Gasteiger partial charge >= 0.3 is 0 Å². The molecule has 5 rings (SSSR count). The van der Waals surface area contributed by atoms with Gasteiger partial charge in [0.25, 0.3) is 0 Å². The Bertz CT molecular complexity index is 954. The van der Waals surface area contributed by atoms with E-state index in [0.717, 1.165) is 54.2 Å². The van der Waals surface area contributed by atoms with Crippen molar-refractivity contribution in [2.75, 3.05) is 26.6 Å². The van der Waals surface area contributed by atoms with Crippen molar-refractivity contribution < 1.29 is 23.7 Å². The molecule has 2 aromatic carbocycles. The maximum Gasteiger partial charge on any atom is 0.247 e. The monoisotopic (exact) mass is 393 g/mol. The number of carbonyl (C=O) groups excluding carboxylic acids is 1. The highest BCUT2D eigenvalue weighted by molar-refractivity contribution is 5.92. The molecule has 1 fully saturated rings.